The van der Waals surface area contributed by atoms with Crippen LogP contribution in [0.5, 0.6) is 0 Å². The molecule has 0 aliphatic carbocycles. The molecule has 1 atom stereocenters. The Labute approximate surface area is 129 Å². The van der Waals surface area contributed by atoms with E-state index in [-0.39, 0.29) is 6.04 Å². The molecule has 2 aromatic rings. The molecule has 0 saturated carbocycles. The van der Waals surface area contributed by atoms with Gasteiger partial charge < -0.3 is 10.6 Å². The molecular formula is C15H16ClN3S. The van der Waals surface area contributed by atoms with Gasteiger partial charge in [0.05, 0.1) is 11.7 Å². The van der Waals surface area contributed by atoms with Gasteiger partial charge in [-0.15, -0.1) is 0 Å². The second kappa shape index (κ2) is 6.20. The van der Waals surface area contributed by atoms with Crippen LogP contribution in [0.1, 0.15) is 24.2 Å². The van der Waals surface area contributed by atoms with Gasteiger partial charge in [-0.3, -0.25) is 0 Å². The third-order valence-corrected chi connectivity index (χ3v) is 3.74. The van der Waals surface area contributed by atoms with Gasteiger partial charge in [0.1, 0.15) is 10.8 Å². The highest BCUT2D eigenvalue weighted by molar-refractivity contribution is 7.80. The molecule has 1 aromatic carbocycles. The first-order valence-electron chi connectivity index (χ1n) is 6.24. The van der Waals surface area contributed by atoms with Crippen molar-refractivity contribution in [1.29, 1.82) is 0 Å². The zero-order valence-electron chi connectivity index (χ0n) is 11.4. The molecule has 5 heteroatoms. The number of benzene rings is 1. The minimum Gasteiger partial charge on any atom is -0.388 e. The van der Waals surface area contributed by atoms with Crippen LogP contribution in [0, 0.1) is 0 Å². The number of hydrogen-bond donors (Lipinski definition) is 1. The van der Waals surface area contributed by atoms with Crippen molar-refractivity contribution in [3.63, 3.8) is 0 Å². The molecule has 0 amide bonds. The molecule has 20 heavy (non-hydrogen) atoms. The van der Waals surface area contributed by atoms with Crippen molar-refractivity contribution in [3.05, 3.63) is 58.7 Å². The highest BCUT2D eigenvalue weighted by atomic mass is 35.5. The first kappa shape index (κ1) is 14.8. The molecular weight excluding hydrogens is 290 g/mol. The number of thiocarbonyl (C=S) groups is 1. The second-order valence-corrected chi connectivity index (χ2v) is 5.46. The van der Waals surface area contributed by atoms with E-state index in [0.717, 1.165) is 10.8 Å². The molecule has 1 heterocycles. The van der Waals surface area contributed by atoms with Crippen LogP contribution in [-0.4, -0.2) is 17.0 Å². The van der Waals surface area contributed by atoms with Crippen LogP contribution in [0.4, 0.5) is 5.82 Å². The minimum absolute atomic E-state index is 0.168. The van der Waals surface area contributed by atoms with Crippen molar-refractivity contribution in [2.75, 3.05) is 11.9 Å². The molecule has 0 fully saturated rings. The van der Waals surface area contributed by atoms with Gasteiger partial charge in [0.15, 0.2) is 0 Å². The zero-order valence-corrected chi connectivity index (χ0v) is 12.9. The van der Waals surface area contributed by atoms with Gasteiger partial charge >= 0.3 is 0 Å². The van der Waals surface area contributed by atoms with Crippen molar-refractivity contribution in [1.82, 2.24) is 4.98 Å². The quantitative estimate of drug-likeness (QED) is 0.877. The number of nitrogens with zero attached hydrogens (tertiary/aromatic N) is 2. The number of nitrogens with two attached hydrogens (primary N) is 1. The number of rotatable bonds is 4. The SMILES string of the molecule is CC(c1ccc(Cl)cc1)N(C)c1cccc(C(N)=S)n1. The highest BCUT2D eigenvalue weighted by Crippen LogP contribution is 2.24. The number of aromatic nitrogens is 1. The lowest BCUT2D eigenvalue weighted by atomic mass is 10.1. The highest BCUT2D eigenvalue weighted by Gasteiger charge is 2.14. The Bertz CT molecular complexity index is 613. The Morgan fingerprint density at radius 1 is 1.25 bits per heavy atom. The van der Waals surface area contributed by atoms with E-state index in [9.17, 15) is 0 Å². The third-order valence-electron chi connectivity index (χ3n) is 3.28. The van der Waals surface area contributed by atoms with E-state index in [4.69, 9.17) is 29.6 Å². The van der Waals surface area contributed by atoms with Crippen LogP contribution in [0.15, 0.2) is 42.5 Å². The van der Waals surface area contributed by atoms with Gasteiger partial charge in [-0.1, -0.05) is 42.0 Å². The molecule has 0 bridgehead atoms. The second-order valence-electron chi connectivity index (χ2n) is 4.58. The maximum absolute atomic E-state index is 5.91. The Kier molecular flexibility index (Phi) is 4.57. The first-order valence-corrected chi connectivity index (χ1v) is 7.03. The maximum atomic E-state index is 5.91. The van der Waals surface area contributed by atoms with E-state index in [1.54, 1.807) is 0 Å². The largest absolute Gasteiger partial charge is 0.388 e. The Hall–Kier alpha value is -1.65. The summed E-state index contributed by atoms with van der Waals surface area (Å²) in [5.74, 6) is 0.831. The van der Waals surface area contributed by atoms with Crippen LogP contribution in [0.2, 0.25) is 5.02 Å². The van der Waals surface area contributed by atoms with Gasteiger partial charge in [0, 0.05) is 12.1 Å². The lowest BCUT2D eigenvalue weighted by Crippen LogP contribution is -2.23. The smallest absolute Gasteiger partial charge is 0.129 e. The topological polar surface area (TPSA) is 42.1 Å². The average Bonchev–Trinajstić information content (AvgIpc) is 2.46. The van der Waals surface area contributed by atoms with Crippen LogP contribution in [0.3, 0.4) is 0 Å². The Morgan fingerprint density at radius 2 is 1.90 bits per heavy atom. The van der Waals surface area contributed by atoms with Crippen LogP contribution >= 0.6 is 23.8 Å². The van der Waals surface area contributed by atoms with Gasteiger partial charge in [0.2, 0.25) is 0 Å². The van der Waals surface area contributed by atoms with Gasteiger partial charge in [-0.05, 0) is 36.8 Å². The monoisotopic (exact) mass is 305 g/mol. The van der Waals surface area contributed by atoms with Gasteiger partial charge in [-0.2, -0.15) is 0 Å². The molecule has 104 valence electrons. The summed E-state index contributed by atoms with van der Waals surface area (Å²) in [6, 6.07) is 13.6. The summed E-state index contributed by atoms with van der Waals surface area (Å²) >= 11 is 10.9. The molecule has 1 unspecified atom stereocenters. The molecule has 0 spiro atoms. The van der Waals surface area contributed by atoms with E-state index in [2.05, 4.69) is 16.8 Å². The fourth-order valence-corrected chi connectivity index (χ4v) is 2.16. The van der Waals surface area contributed by atoms with Crippen molar-refractivity contribution in [2.45, 2.75) is 13.0 Å². The summed E-state index contributed by atoms with van der Waals surface area (Å²) in [5.41, 5.74) is 7.42. The molecule has 1 aromatic heterocycles. The molecule has 0 radical (unpaired) electrons. The number of halogens is 1. The number of pyridine rings is 1. The van der Waals surface area contributed by atoms with Crippen LogP contribution in [-0.2, 0) is 0 Å². The van der Waals surface area contributed by atoms with E-state index in [1.165, 1.54) is 5.56 Å². The maximum Gasteiger partial charge on any atom is 0.129 e. The number of anilines is 1. The molecule has 2 N–H and O–H groups in total. The van der Waals surface area contributed by atoms with Crippen molar-refractivity contribution in [2.24, 2.45) is 5.73 Å². The minimum atomic E-state index is 0.168. The van der Waals surface area contributed by atoms with Gasteiger partial charge in [0.25, 0.3) is 0 Å². The standard InChI is InChI=1S/C15H16ClN3S/c1-10(11-6-8-12(16)9-7-11)19(2)14-5-3-4-13(18-14)15(17)20/h3-10H,1-2H3,(H2,17,20). The summed E-state index contributed by atoms with van der Waals surface area (Å²) < 4.78 is 0. The number of hydrogen-bond acceptors (Lipinski definition) is 3. The van der Waals surface area contributed by atoms with E-state index in [1.807, 2.05) is 49.5 Å². The first-order chi connectivity index (χ1) is 9.49. The van der Waals surface area contributed by atoms with Crippen LogP contribution in [0.25, 0.3) is 0 Å². The Balaban J connectivity index is 2.26. The normalized spacial score (nSPS) is 11.9. The molecule has 0 saturated heterocycles. The lowest BCUT2D eigenvalue weighted by molar-refractivity contribution is 0.728. The Morgan fingerprint density at radius 3 is 2.50 bits per heavy atom. The summed E-state index contributed by atoms with van der Waals surface area (Å²) in [6.45, 7) is 2.11. The fraction of sp³-hybridized carbons (Fsp3) is 0.200. The van der Waals surface area contributed by atoms with Gasteiger partial charge in [-0.25, -0.2) is 4.98 Å². The van der Waals surface area contributed by atoms with Crippen LogP contribution < -0.4 is 10.6 Å². The summed E-state index contributed by atoms with van der Waals surface area (Å²) in [6.07, 6.45) is 0. The molecule has 3 nitrogen and oxygen atoms in total. The van der Waals surface area contributed by atoms with Crippen molar-refractivity contribution >= 4 is 34.6 Å². The van der Waals surface area contributed by atoms with Crippen molar-refractivity contribution < 1.29 is 0 Å². The third kappa shape index (κ3) is 3.26. The lowest BCUT2D eigenvalue weighted by Gasteiger charge is -2.26. The molecule has 2 rings (SSSR count). The van der Waals surface area contributed by atoms with E-state index < -0.39 is 0 Å². The van der Waals surface area contributed by atoms with E-state index >= 15 is 0 Å². The molecule has 0 aliphatic rings. The predicted molar refractivity (Wildman–Crippen MR) is 88.4 cm³/mol. The summed E-state index contributed by atoms with van der Waals surface area (Å²) in [4.78, 5) is 6.85. The zero-order chi connectivity index (χ0) is 14.7. The summed E-state index contributed by atoms with van der Waals surface area (Å²) in [5, 5.41) is 0.734. The van der Waals surface area contributed by atoms with E-state index in [0.29, 0.717) is 10.7 Å². The predicted octanol–water partition coefficient (Wildman–Crippen LogP) is 3.57. The van der Waals surface area contributed by atoms with Crippen molar-refractivity contribution in [3.8, 4) is 0 Å². The molecule has 0 aliphatic heterocycles. The summed E-state index contributed by atoms with van der Waals surface area (Å²) in [7, 11) is 1.99. The fourth-order valence-electron chi connectivity index (χ4n) is 1.92. The average molecular weight is 306 g/mol.